The first kappa shape index (κ1) is 14.2. The molecule has 2 aromatic rings. The maximum absolute atomic E-state index is 12.6. The number of halogens is 2. The van der Waals surface area contributed by atoms with Crippen LogP contribution < -0.4 is 0 Å². The van der Waals surface area contributed by atoms with E-state index in [1.807, 2.05) is 26.2 Å². The zero-order valence-corrected chi connectivity index (χ0v) is 11.0. The van der Waals surface area contributed by atoms with Gasteiger partial charge in [0.05, 0.1) is 0 Å². The van der Waals surface area contributed by atoms with Crippen LogP contribution in [0.3, 0.4) is 0 Å². The number of aromatic nitrogens is 2. The summed E-state index contributed by atoms with van der Waals surface area (Å²) in [4.78, 5) is 7.94. The molecule has 0 saturated carbocycles. The summed E-state index contributed by atoms with van der Waals surface area (Å²) in [7, 11) is 0. The molecule has 0 radical (unpaired) electrons. The normalized spacial score (nSPS) is 9.67. The summed E-state index contributed by atoms with van der Waals surface area (Å²) in [5.41, 5.74) is 1.81. The molecular weight excluding hydrogens is 234 g/mol. The Bertz CT molecular complexity index is 474. The predicted octanol–water partition coefficient (Wildman–Crippen LogP) is 3.68. The summed E-state index contributed by atoms with van der Waals surface area (Å²) < 4.78 is 25.2. The first-order valence-electron chi connectivity index (χ1n) is 5.58. The summed E-state index contributed by atoms with van der Waals surface area (Å²) in [6.45, 7) is 6.93. The van der Waals surface area contributed by atoms with Crippen molar-refractivity contribution in [1.82, 2.24) is 9.97 Å². The minimum Gasteiger partial charge on any atom is -0.241 e. The molecule has 0 atom stereocenters. The third-order valence-corrected chi connectivity index (χ3v) is 2.38. The molecule has 0 bridgehead atoms. The van der Waals surface area contributed by atoms with E-state index in [1.165, 1.54) is 13.8 Å². The summed E-state index contributed by atoms with van der Waals surface area (Å²) in [5.74, 6) is -0.643. The van der Waals surface area contributed by atoms with Crippen LogP contribution in [0.2, 0.25) is 0 Å². The molecule has 1 heterocycles. The molecular formula is C14H16F2N2. The zero-order valence-electron chi connectivity index (χ0n) is 11.0. The first-order chi connectivity index (χ1) is 8.41. The van der Waals surface area contributed by atoms with Crippen molar-refractivity contribution in [1.29, 1.82) is 0 Å². The number of nitrogens with zero attached hydrogens (tertiary/aromatic N) is 2. The van der Waals surface area contributed by atoms with E-state index < -0.39 is 11.6 Å². The van der Waals surface area contributed by atoms with Crippen LogP contribution in [0.4, 0.5) is 8.78 Å². The van der Waals surface area contributed by atoms with Crippen molar-refractivity contribution >= 4 is 0 Å². The van der Waals surface area contributed by atoms with Gasteiger partial charge >= 0.3 is 0 Å². The monoisotopic (exact) mass is 250 g/mol. The molecule has 0 aliphatic rings. The lowest BCUT2D eigenvalue weighted by atomic mass is 10.1. The van der Waals surface area contributed by atoms with Crippen LogP contribution in [-0.4, -0.2) is 9.97 Å². The Kier molecular flexibility index (Phi) is 4.89. The first-order valence-corrected chi connectivity index (χ1v) is 5.58. The standard InChI is InChI=1S/C8H8F2.C6H8N2/c1-5-3-4-6(2)8(10)7(5)9;1-5-3-7-6(2)8-4-5/h3-4H,1-2H3;3-4H,1-2H3. The Hall–Kier alpha value is -1.84. The third kappa shape index (κ3) is 3.87. The maximum Gasteiger partial charge on any atom is 0.161 e. The minimum absolute atomic E-state index is 0.350. The molecule has 0 aliphatic heterocycles. The number of hydrogen-bond donors (Lipinski definition) is 0. The van der Waals surface area contributed by atoms with E-state index in [2.05, 4.69) is 9.97 Å². The average Bonchev–Trinajstić information content (AvgIpc) is 2.36. The lowest BCUT2D eigenvalue weighted by Crippen LogP contribution is -1.91. The Morgan fingerprint density at radius 1 is 0.778 bits per heavy atom. The lowest BCUT2D eigenvalue weighted by Gasteiger charge is -1.99. The summed E-state index contributed by atoms with van der Waals surface area (Å²) in [6, 6.07) is 3.13. The smallest absolute Gasteiger partial charge is 0.161 e. The highest BCUT2D eigenvalue weighted by atomic mass is 19.2. The number of aryl methyl sites for hydroxylation is 4. The molecule has 0 saturated heterocycles. The van der Waals surface area contributed by atoms with Crippen molar-refractivity contribution in [3.8, 4) is 0 Å². The van der Waals surface area contributed by atoms with Gasteiger partial charge in [0.25, 0.3) is 0 Å². The number of hydrogen-bond acceptors (Lipinski definition) is 2. The van der Waals surface area contributed by atoms with Crippen LogP contribution >= 0.6 is 0 Å². The fourth-order valence-electron chi connectivity index (χ4n) is 1.20. The van der Waals surface area contributed by atoms with Crippen LogP contribution in [0.25, 0.3) is 0 Å². The van der Waals surface area contributed by atoms with Gasteiger partial charge in [-0.25, -0.2) is 18.7 Å². The van der Waals surface area contributed by atoms with Gasteiger partial charge in [-0.2, -0.15) is 0 Å². The van der Waals surface area contributed by atoms with Crippen molar-refractivity contribution in [3.05, 3.63) is 58.7 Å². The van der Waals surface area contributed by atoms with Crippen molar-refractivity contribution in [2.24, 2.45) is 0 Å². The van der Waals surface area contributed by atoms with E-state index in [1.54, 1.807) is 12.1 Å². The van der Waals surface area contributed by atoms with Crippen LogP contribution in [-0.2, 0) is 0 Å². The Morgan fingerprint density at radius 3 is 1.50 bits per heavy atom. The van der Waals surface area contributed by atoms with Gasteiger partial charge in [0.1, 0.15) is 5.82 Å². The van der Waals surface area contributed by atoms with Crippen LogP contribution in [0.5, 0.6) is 0 Å². The Labute approximate surface area is 106 Å². The van der Waals surface area contributed by atoms with Gasteiger partial charge in [0.15, 0.2) is 11.6 Å². The molecule has 18 heavy (non-hydrogen) atoms. The largest absolute Gasteiger partial charge is 0.241 e. The van der Waals surface area contributed by atoms with Crippen LogP contribution in [0.1, 0.15) is 22.5 Å². The van der Waals surface area contributed by atoms with Crippen LogP contribution in [0, 0.1) is 39.3 Å². The van der Waals surface area contributed by atoms with Crippen molar-refractivity contribution in [3.63, 3.8) is 0 Å². The number of benzene rings is 1. The lowest BCUT2D eigenvalue weighted by molar-refractivity contribution is 0.497. The van der Waals surface area contributed by atoms with E-state index in [4.69, 9.17) is 0 Å². The Balaban J connectivity index is 0.000000184. The van der Waals surface area contributed by atoms with Gasteiger partial charge in [0, 0.05) is 12.4 Å². The van der Waals surface area contributed by atoms with Gasteiger partial charge in [0.2, 0.25) is 0 Å². The molecule has 0 spiro atoms. The van der Waals surface area contributed by atoms with Crippen molar-refractivity contribution in [2.45, 2.75) is 27.7 Å². The molecule has 96 valence electrons. The van der Waals surface area contributed by atoms with Gasteiger partial charge in [-0.1, -0.05) is 12.1 Å². The van der Waals surface area contributed by atoms with E-state index >= 15 is 0 Å². The molecule has 0 amide bonds. The molecule has 0 unspecified atom stereocenters. The van der Waals surface area contributed by atoms with Crippen LogP contribution in [0.15, 0.2) is 24.5 Å². The minimum atomic E-state index is -0.736. The van der Waals surface area contributed by atoms with E-state index in [0.717, 1.165) is 11.4 Å². The highest BCUT2D eigenvalue weighted by Gasteiger charge is 2.05. The van der Waals surface area contributed by atoms with E-state index in [9.17, 15) is 8.78 Å². The summed E-state index contributed by atoms with van der Waals surface area (Å²) >= 11 is 0. The SMILES string of the molecule is Cc1ccc(C)c(F)c1F.Cc1cnc(C)nc1. The van der Waals surface area contributed by atoms with Gasteiger partial charge in [-0.05, 0) is 44.4 Å². The van der Waals surface area contributed by atoms with Gasteiger partial charge in [-0.3, -0.25) is 0 Å². The Morgan fingerprint density at radius 2 is 1.17 bits per heavy atom. The summed E-state index contributed by atoms with van der Waals surface area (Å²) in [5, 5.41) is 0. The quantitative estimate of drug-likeness (QED) is 0.713. The van der Waals surface area contributed by atoms with Crippen molar-refractivity contribution in [2.75, 3.05) is 0 Å². The van der Waals surface area contributed by atoms with Crippen molar-refractivity contribution < 1.29 is 8.78 Å². The average molecular weight is 250 g/mol. The highest BCUT2D eigenvalue weighted by Crippen LogP contribution is 2.13. The second-order valence-electron chi connectivity index (χ2n) is 4.13. The van der Waals surface area contributed by atoms with E-state index in [0.29, 0.717) is 11.1 Å². The second-order valence-corrected chi connectivity index (χ2v) is 4.13. The summed E-state index contributed by atoms with van der Waals surface area (Å²) in [6.07, 6.45) is 3.62. The highest BCUT2D eigenvalue weighted by molar-refractivity contribution is 5.23. The third-order valence-electron chi connectivity index (χ3n) is 2.38. The molecule has 4 heteroatoms. The fraction of sp³-hybridized carbons (Fsp3) is 0.286. The number of rotatable bonds is 0. The molecule has 0 fully saturated rings. The van der Waals surface area contributed by atoms with Gasteiger partial charge < -0.3 is 0 Å². The topological polar surface area (TPSA) is 25.8 Å². The predicted molar refractivity (Wildman–Crippen MR) is 67.3 cm³/mol. The molecule has 1 aromatic heterocycles. The molecule has 0 aliphatic carbocycles. The molecule has 0 N–H and O–H groups in total. The molecule has 2 nitrogen and oxygen atoms in total. The molecule has 2 rings (SSSR count). The molecule has 1 aromatic carbocycles. The van der Waals surface area contributed by atoms with E-state index in [-0.39, 0.29) is 0 Å². The zero-order chi connectivity index (χ0) is 13.7. The second kappa shape index (κ2) is 6.19. The van der Waals surface area contributed by atoms with Gasteiger partial charge in [-0.15, -0.1) is 0 Å². The fourth-order valence-corrected chi connectivity index (χ4v) is 1.20. The maximum atomic E-state index is 12.6.